The van der Waals surface area contributed by atoms with Gasteiger partial charge in [0.15, 0.2) is 0 Å². The Labute approximate surface area is 341 Å². The molecule has 58 heavy (non-hydrogen) atoms. The third-order valence-electron chi connectivity index (χ3n) is 11.2. The summed E-state index contributed by atoms with van der Waals surface area (Å²) < 4.78 is 0. The third kappa shape index (κ3) is 8.23. The second-order valence-corrected chi connectivity index (χ2v) is 18.2. The molecule has 0 bridgehead atoms. The molecule has 2 aromatic heterocycles. The fourth-order valence-corrected chi connectivity index (χ4v) is 8.10. The molecule has 0 amide bonds. The fraction of sp³-hybridized carbons (Fsp3) is 0.280. The normalized spacial score (nSPS) is 12.4. The van der Waals surface area contributed by atoms with Crippen molar-refractivity contribution < 1.29 is 10.2 Å². The van der Waals surface area contributed by atoms with E-state index >= 15 is 0 Å². The fourth-order valence-electron chi connectivity index (χ4n) is 8.10. The van der Waals surface area contributed by atoms with E-state index in [0.29, 0.717) is 11.4 Å². The van der Waals surface area contributed by atoms with E-state index in [1.54, 1.807) is 16.9 Å². The average Bonchev–Trinajstić information content (AvgIpc) is 3.83. The predicted molar refractivity (Wildman–Crippen MR) is 235 cm³/mol. The summed E-state index contributed by atoms with van der Waals surface area (Å²) in [6.07, 6.45) is 1.04. The molecule has 8 aromatic rings. The lowest BCUT2D eigenvalue weighted by Gasteiger charge is -2.33. The van der Waals surface area contributed by atoms with E-state index in [-0.39, 0.29) is 22.0 Å². The van der Waals surface area contributed by atoms with Gasteiger partial charge in [-0.2, -0.15) is 4.80 Å². The van der Waals surface area contributed by atoms with E-state index in [4.69, 9.17) is 10.2 Å². The first kappa shape index (κ1) is 39.9. The molecular formula is C50H54N6O2. The lowest BCUT2D eigenvalue weighted by Crippen LogP contribution is -2.25. The summed E-state index contributed by atoms with van der Waals surface area (Å²) in [6.45, 7) is 20.0. The van der Waals surface area contributed by atoms with E-state index < -0.39 is 5.41 Å². The van der Waals surface area contributed by atoms with Crippen LogP contribution in [-0.2, 0) is 16.2 Å². The SMILES string of the molecule is CC(C)(C)CC(C)(C)c1ccc(O)c(-n2nc3ccccc3n2)c1.CC(C)(c1ccccc1)c1cc(-n2nc3ccccc3n2)cc(C(C)(C)c2ccccc2O)c1. The molecule has 2 heterocycles. The van der Waals surface area contributed by atoms with Crippen LogP contribution >= 0.6 is 0 Å². The van der Waals surface area contributed by atoms with Crippen LogP contribution in [0.25, 0.3) is 33.4 Å². The van der Waals surface area contributed by atoms with E-state index in [1.807, 2.05) is 84.9 Å². The number of fused-ring (bicyclic) bond motifs is 2. The number of nitrogens with zero attached hydrogens (tertiary/aromatic N) is 6. The smallest absolute Gasteiger partial charge is 0.143 e. The van der Waals surface area contributed by atoms with Crippen molar-refractivity contribution in [1.82, 2.24) is 30.0 Å². The molecule has 8 heteroatoms. The minimum atomic E-state index is -0.435. The Bertz CT molecular complexity index is 2630. The summed E-state index contributed by atoms with van der Waals surface area (Å²) in [5, 5.41) is 39.4. The summed E-state index contributed by atoms with van der Waals surface area (Å²) in [5.41, 5.74) is 9.94. The summed E-state index contributed by atoms with van der Waals surface area (Å²) in [5.74, 6) is 0.482. The van der Waals surface area contributed by atoms with Gasteiger partial charge in [-0.25, -0.2) is 0 Å². The molecule has 0 fully saturated rings. The van der Waals surface area contributed by atoms with E-state index in [0.717, 1.165) is 50.9 Å². The first-order valence-corrected chi connectivity index (χ1v) is 19.9. The second kappa shape index (κ2) is 15.2. The van der Waals surface area contributed by atoms with Crippen LogP contribution in [0.2, 0.25) is 0 Å². The molecule has 0 saturated carbocycles. The van der Waals surface area contributed by atoms with Gasteiger partial charge in [0.05, 0.1) is 5.69 Å². The largest absolute Gasteiger partial charge is 0.508 e. The van der Waals surface area contributed by atoms with Crippen molar-refractivity contribution in [1.29, 1.82) is 0 Å². The van der Waals surface area contributed by atoms with Crippen LogP contribution in [0.5, 0.6) is 11.5 Å². The molecule has 0 aliphatic rings. The number of para-hydroxylation sites is 1. The van der Waals surface area contributed by atoms with E-state index in [9.17, 15) is 10.2 Å². The highest BCUT2D eigenvalue weighted by molar-refractivity contribution is 5.74. The molecule has 0 spiro atoms. The highest BCUT2D eigenvalue weighted by Gasteiger charge is 2.31. The maximum atomic E-state index is 10.7. The van der Waals surface area contributed by atoms with Gasteiger partial charge >= 0.3 is 0 Å². The zero-order valence-corrected chi connectivity index (χ0v) is 35.1. The number of hydrogen-bond donors (Lipinski definition) is 2. The average molecular weight is 771 g/mol. The van der Waals surface area contributed by atoms with Gasteiger partial charge in [0.2, 0.25) is 0 Å². The van der Waals surface area contributed by atoms with Crippen LogP contribution in [-0.4, -0.2) is 40.2 Å². The topological polar surface area (TPSA) is 102 Å². The number of aromatic nitrogens is 6. The number of phenolic OH excluding ortho intramolecular Hbond substituents is 2. The molecule has 0 aliphatic heterocycles. The summed E-state index contributed by atoms with van der Waals surface area (Å²) in [4.78, 5) is 3.25. The molecule has 0 aliphatic carbocycles. The van der Waals surface area contributed by atoms with Crippen LogP contribution in [0.1, 0.15) is 96.6 Å². The molecular weight excluding hydrogens is 717 g/mol. The Hall–Kier alpha value is -6.28. The van der Waals surface area contributed by atoms with Gasteiger partial charge in [0.25, 0.3) is 0 Å². The number of phenols is 2. The minimum absolute atomic E-state index is 0.00667. The third-order valence-corrected chi connectivity index (χ3v) is 11.2. The lowest BCUT2D eigenvalue weighted by atomic mass is 9.72. The molecule has 2 N–H and O–H groups in total. The summed E-state index contributed by atoms with van der Waals surface area (Å²) >= 11 is 0. The predicted octanol–water partition coefficient (Wildman–Crippen LogP) is 11.6. The first-order valence-electron chi connectivity index (χ1n) is 19.9. The van der Waals surface area contributed by atoms with E-state index in [2.05, 4.69) is 115 Å². The van der Waals surface area contributed by atoms with Crippen LogP contribution in [0, 0.1) is 5.41 Å². The van der Waals surface area contributed by atoms with Gasteiger partial charge in [-0.1, -0.05) is 147 Å². The molecule has 8 nitrogen and oxygen atoms in total. The maximum Gasteiger partial charge on any atom is 0.143 e. The molecule has 6 aromatic carbocycles. The van der Waals surface area contributed by atoms with Gasteiger partial charge in [0, 0.05) is 16.4 Å². The van der Waals surface area contributed by atoms with Crippen LogP contribution in [0.3, 0.4) is 0 Å². The van der Waals surface area contributed by atoms with Crippen molar-refractivity contribution in [2.24, 2.45) is 5.41 Å². The van der Waals surface area contributed by atoms with Gasteiger partial charge in [-0.05, 0) is 94.1 Å². The van der Waals surface area contributed by atoms with Crippen molar-refractivity contribution >= 4 is 22.1 Å². The Morgan fingerprint density at radius 1 is 0.431 bits per heavy atom. The number of rotatable bonds is 8. The van der Waals surface area contributed by atoms with Gasteiger partial charge in [-0.15, -0.1) is 25.2 Å². The highest BCUT2D eigenvalue weighted by atomic mass is 16.3. The summed E-state index contributed by atoms with van der Waals surface area (Å²) in [7, 11) is 0. The van der Waals surface area contributed by atoms with Crippen molar-refractivity contribution in [2.45, 2.75) is 85.0 Å². The van der Waals surface area contributed by atoms with Crippen molar-refractivity contribution in [3.63, 3.8) is 0 Å². The van der Waals surface area contributed by atoms with Crippen molar-refractivity contribution in [3.8, 4) is 22.9 Å². The molecule has 0 unspecified atom stereocenters. The molecule has 0 atom stereocenters. The zero-order chi connectivity index (χ0) is 41.5. The first-order chi connectivity index (χ1) is 27.4. The van der Waals surface area contributed by atoms with Gasteiger partial charge in [-0.3, -0.25) is 0 Å². The lowest BCUT2D eigenvalue weighted by molar-refractivity contribution is 0.284. The quantitative estimate of drug-likeness (QED) is 0.159. The zero-order valence-electron chi connectivity index (χ0n) is 35.1. The Morgan fingerprint density at radius 3 is 1.45 bits per heavy atom. The maximum absolute atomic E-state index is 10.7. The Morgan fingerprint density at radius 2 is 0.914 bits per heavy atom. The monoisotopic (exact) mass is 770 g/mol. The standard InChI is InChI=1S/C30H29N3O.C20H25N3O/c1-29(2,21-12-6-5-7-13-21)22-18-23(30(3,4)25-14-8-11-17-28(25)34)20-24(19-22)33-31-26-15-9-10-16-27(26)32-33;1-19(2,3)13-20(4,5)14-10-11-18(24)17(12-14)23-21-15-8-6-7-9-16(15)22-23/h5-20,34H,1-4H3;6-12,24H,13H2,1-5H3. The van der Waals surface area contributed by atoms with Crippen molar-refractivity contribution in [2.75, 3.05) is 0 Å². The number of aromatic hydroxyl groups is 2. The highest BCUT2D eigenvalue weighted by Crippen LogP contribution is 2.41. The number of hydrogen-bond acceptors (Lipinski definition) is 6. The molecule has 0 radical (unpaired) electrons. The molecule has 8 rings (SSSR count). The Kier molecular flexibility index (Phi) is 10.5. The van der Waals surface area contributed by atoms with Crippen LogP contribution in [0.4, 0.5) is 0 Å². The van der Waals surface area contributed by atoms with E-state index in [1.165, 1.54) is 15.9 Å². The number of benzene rings is 6. The van der Waals surface area contributed by atoms with Gasteiger partial charge in [0.1, 0.15) is 39.3 Å². The van der Waals surface area contributed by atoms with Crippen LogP contribution < -0.4 is 0 Å². The molecule has 296 valence electrons. The van der Waals surface area contributed by atoms with Crippen molar-refractivity contribution in [3.05, 3.63) is 167 Å². The second-order valence-electron chi connectivity index (χ2n) is 18.2. The van der Waals surface area contributed by atoms with Crippen LogP contribution in [0.15, 0.2) is 140 Å². The van der Waals surface area contributed by atoms with Gasteiger partial charge < -0.3 is 10.2 Å². The Balaban J connectivity index is 0.000000188. The minimum Gasteiger partial charge on any atom is -0.508 e. The summed E-state index contributed by atoms with van der Waals surface area (Å²) in [6, 6.07) is 46.0. The molecule has 0 saturated heterocycles.